The molecule has 35 heavy (non-hydrogen) atoms. The van der Waals surface area contributed by atoms with Crippen LogP contribution in [0.25, 0.3) is 11.1 Å². The van der Waals surface area contributed by atoms with Gasteiger partial charge < -0.3 is 20.1 Å². The number of carboxylic acids is 1. The Hall–Kier alpha value is -3.35. The lowest BCUT2D eigenvalue weighted by Crippen LogP contribution is -2.46. The molecule has 186 valence electrons. The SMILES string of the molecule is CC(CCNC(=O)OCC1c2ccccc2-c2ccccc21)CC(=O)N1CC(C)CC(C(=O)O)C1. The number of ether oxygens (including phenoxy) is 1. The summed E-state index contributed by atoms with van der Waals surface area (Å²) in [5, 5.41) is 12.1. The van der Waals surface area contributed by atoms with Crippen LogP contribution in [0.2, 0.25) is 0 Å². The van der Waals surface area contributed by atoms with Gasteiger partial charge in [-0.25, -0.2) is 4.79 Å². The van der Waals surface area contributed by atoms with Crippen LogP contribution in [0, 0.1) is 17.8 Å². The first-order valence-corrected chi connectivity index (χ1v) is 12.4. The third-order valence-corrected chi connectivity index (χ3v) is 7.13. The summed E-state index contributed by atoms with van der Waals surface area (Å²) < 4.78 is 5.56. The maximum Gasteiger partial charge on any atom is 0.407 e. The van der Waals surface area contributed by atoms with E-state index in [1.54, 1.807) is 4.90 Å². The summed E-state index contributed by atoms with van der Waals surface area (Å²) in [5.41, 5.74) is 4.72. The molecule has 2 N–H and O–H groups in total. The van der Waals surface area contributed by atoms with Crippen LogP contribution in [-0.2, 0) is 14.3 Å². The van der Waals surface area contributed by atoms with Crippen molar-refractivity contribution < 1.29 is 24.2 Å². The number of nitrogens with one attached hydrogen (secondary N) is 1. The standard InChI is InChI=1S/C28H34N2O5/c1-18(14-26(31)30-15-19(2)13-20(16-30)27(32)33)11-12-29-28(34)35-17-25-23-9-5-3-7-21(23)22-8-4-6-10-24(22)25/h3-10,18-20,25H,11-17H2,1-2H3,(H,29,34)(H,32,33). The molecule has 2 aromatic carbocycles. The number of fused-ring (bicyclic) bond motifs is 3. The van der Waals surface area contributed by atoms with Gasteiger partial charge in [0.05, 0.1) is 5.92 Å². The number of carboxylic acid groups (broad SMARTS) is 1. The molecule has 0 saturated carbocycles. The van der Waals surface area contributed by atoms with E-state index < -0.39 is 18.0 Å². The Morgan fingerprint density at radius 1 is 1.06 bits per heavy atom. The average molecular weight is 479 g/mol. The highest BCUT2D eigenvalue weighted by atomic mass is 16.5. The maximum absolute atomic E-state index is 12.7. The van der Waals surface area contributed by atoms with Gasteiger partial charge >= 0.3 is 12.1 Å². The molecule has 4 rings (SSSR count). The van der Waals surface area contributed by atoms with E-state index in [9.17, 15) is 19.5 Å². The first-order valence-electron chi connectivity index (χ1n) is 12.4. The first-order chi connectivity index (χ1) is 16.8. The number of alkyl carbamates (subject to hydrolysis) is 1. The summed E-state index contributed by atoms with van der Waals surface area (Å²) in [5.74, 6) is -1.08. The number of amides is 2. The lowest BCUT2D eigenvalue weighted by atomic mass is 9.90. The fraction of sp³-hybridized carbons (Fsp3) is 0.464. The maximum atomic E-state index is 12.7. The van der Waals surface area contributed by atoms with Gasteiger partial charge in [-0.15, -0.1) is 0 Å². The molecule has 2 amide bonds. The van der Waals surface area contributed by atoms with E-state index in [1.807, 2.05) is 38.1 Å². The second-order valence-corrected chi connectivity index (χ2v) is 10.0. The quantitative estimate of drug-likeness (QED) is 0.582. The van der Waals surface area contributed by atoms with Crippen molar-refractivity contribution in [2.75, 3.05) is 26.2 Å². The second kappa shape index (κ2) is 10.9. The van der Waals surface area contributed by atoms with E-state index in [-0.39, 0.29) is 36.8 Å². The van der Waals surface area contributed by atoms with Crippen molar-refractivity contribution in [3.05, 3.63) is 59.7 Å². The summed E-state index contributed by atoms with van der Waals surface area (Å²) in [7, 11) is 0. The van der Waals surface area contributed by atoms with Crippen LogP contribution in [-0.4, -0.2) is 54.2 Å². The molecular formula is C28H34N2O5. The molecule has 0 spiro atoms. The van der Waals surface area contributed by atoms with Gasteiger partial charge in [-0.1, -0.05) is 62.4 Å². The zero-order chi connectivity index (χ0) is 24.9. The minimum absolute atomic E-state index is 0.0172. The molecule has 1 fully saturated rings. The zero-order valence-electron chi connectivity index (χ0n) is 20.4. The highest BCUT2D eigenvalue weighted by Crippen LogP contribution is 2.44. The van der Waals surface area contributed by atoms with Crippen molar-refractivity contribution in [3.63, 3.8) is 0 Å². The average Bonchev–Trinajstić information content (AvgIpc) is 3.16. The van der Waals surface area contributed by atoms with Gasteiger partial charge in [0.15, 0.2) is 0 Å². The molecular weight excluding hydrogens is 444 g/mol. The summed E-state index contributed by atoms with van der Waals surface area (Å²) in [4.78, 5) is 38.1. The Labute approximate surface area is 206 Å². The molecule has 3 atom stereocenters. The molecule has 7 heteroatoms. The molecule has 1 aliphatic heterocycles. The van der Waals surface area contributed by atoms with Crippen LogP contribution in [0.5, 0.6) is 0 Å². The van der Waals surface area contributed by atoms with E-state index >= 15 is 0 Å². The van der Waals surface area contributed by atoms with E-state index in [0.717, 1.165) is 0 Å². The second-order valence-electron chi connectivity index (χ2n) is 10.0. The topological polar surface area (TPSA) is 95.9 Å². The Balaban J connectivity index is 1.21. The van der Waals surface area contributed by atoms with Crippen LogP contribution in [0.15, 0.2) is 48.5 Å². The number of hydrogen-bond acceptors (Lipinski definition) is 4. The third kappa shape index (κ3) is 5.84. The molecule has 0 radical (unpaired) electrons. The Bertz CT molecular complexity index is 1040. The van der Waals surface area contributed by atoms with Crippen LogP contribution >= 0.6 is 0 Å². The highest BCUT2D eigenvalue weighted by molar-refractivity contribution is 5.79. The van der Waals surface area contributed by atoms with Gasteiger partial charge in [-0.2, -0.15) is 0 Å². The molecule has 2 aliphatic rings. The molecule has 1 heterocycles. The normalized spacial score (nSPS) is 20.0. The van der Waals surface area contributed by atoms with Gasteiger partial charge in [-0.05, 0) is 46.9 Å². The third-order valence-electron chi connectivity index (χ3n) is 7.13. The van der Waals surface area contributed by atoms with Gasteiger partial charge in [-0.3, -0.25) is 9.59 Å². The lowest BCUT2D eigenvalue weighted by Gasteiger charge is -2.35. The molecule has 0 aromatic heterocycles. The molecule has 7 nitrogen and oxygen atoms in total. The van der Waals surface area contributed by atoms with Crippen LogP contribution < -0.4 is 5.32 Å². The monoisotopic (exact) mass is 478 g/mol. The van der Waals surface area contributed by atoms with Crippen molar-refractivity contribution in [1.82, 2.24) is 10.2 Å². The van der Waals surface area contributed by atoms with Crippen LogP contribution in [0.1, 0.15) is 50.2 Å². The van der Waals surface area contributed by atoms with E-state index in [1.165, 1.54) is 22.3 Å². The number of aliphatic carboxylic acids is 1. The molecule has 3 unspecified atom stereocenters. The number of likely N-dealkylation sites (tertiary alicyclic amines) is 1. The number of hydrogen-bond donors (Lipinski definition) is 2. The summed E-state index contributed by atoms with van der Waals surface area (Å²) in [6.45, 7) is 5.53. The Morgan fingerprint density at radius 3 is 2.31 bits per heavy atom. The summed E-state index contributed by atoms with van der Waals surface area (Å²) >= 11 is 0. The van der Waals surface area contributed by atoms with Crippen molar-refractivity contribution in [2.24, 2.45) is 17.8 Å². The number of benzene rings is 2. The van der Waals surface area contributed by atoms with Crippen molar-refractivity contribution in [3.8, 4) is 11.1 Å². The van der Waals surface area contributed by atoms with E-state index in [0.29, 0.717) is 32.4 Å². The first kappa shape index (κ1) is 24.8. The smallest absolute Gasteiger partial charge is 0.407 e. The predicted octanol–water partition coefficient (Wildman–Crippen LogP) is 4.51. The number of piperidine rings is 1. The zero-order valence-corrected chi connectivity index (χ0v) is 20.4. The van der Waals surface area contributed by atoms with Crippen LogP contribution in [0.4, 0.5) is 4.79 Å². The van der Waals surface area contributed by atoms with Crippen molar-refractivity contribution in [1.29, 1.82) is 0 Å². The minimum atomic E-state index is -0.838. The number of carbonyl (C=O) groups is 3. The summed E-state index contributed by atoms with van der Waals surface area (Å²) in [6, 6.07) is 16.4. The molecule has 2 aromatic rings. The van der Waals surface area contributed by atoms with Gasteiger partial charge in [0, 0.05) is 32.0 Å². The number of nitrogens with zero attached hydrogens (tertiary/aromatic N) is 1. The number of carbonyl (C=O) groups excluding carboxylic acids is 2. The van der Waals surface area contributed by atoms with Crippen molar-refractivity contribution in [2.45, 2.75) is 39.0 Å². The predicted molar refractivity (Wildman–Crippen MR) is 133 cm³/mol. The molecule has 1 saturated heterocycles. The van der Waals surface area contributed by atoms with Gasteiger partial charge in [0.1, 0.15) is 6.61 Å². The minimum Gasteiger partial charge on any atom is -0.481 e. The largest absolute Gasteiger partial charge is 0.481 e. The molecule has 0 bridgehead atoms. The highest BCUT2D eigenvalue weighted by Gasteiger charge is 2.32. The van der Waals surface area contributed by atoms with E-state index in [4.69, 9.17) is 4.74 Å². The number of rotatable bonds is 8. The van der Waals surface area contributed by atoms with Gasteiger partial charge in [0.2, 0.25) is 5.91 Å². The fourth-order valence-electron chi connectivity index (χ4n) is 5.33. The lowest BCUT2D eigenvalue weighted by molar-refractivity contribution is -0.147. The summed E-state index contributed by atoms with van der Waals surface area (Å²) in [6.07, 6.45) is 1.13. The van der Waals surface area contributed by atoms with Gasteiger partial charge in [0.25, 0.3) is 0 Å². The Kier molecular flexibility index (Phi) is 7.73. The Morgan fingerprint density at radius 2 is 1.69 bits per heavy atom. The van der Waals surface area contributed by atoms with E-state index in [2.05, 4.69) is 29.6 Å². The molecule has 1 aliphatic carbocycles. The van der Waals surface area contributed by atoms with Crippen LogP contribution in [0.3, 0.4) is 0 Å². The van der Waals surface area contributed by atoms with Crippen molar-refractivity contribution >= 4 is 18.0 Å². The fourth-order valence-corrected chi connectivity index (χ4v) is 5.33.